The Balaban J connectivity index is 2.23. The van der Waals surface area contributed by atoms with E-state index in [1.165, 1.54) is 24.3 Å². The monoisotopic (exact) mass is 441 g/mol. The van der Waals surface area contributed by atoms with E-state index in [2.05, 4.69) is 31.9 Å². The van der Waals surface area contributed by atoms with Crippen LogP contribution >= 0.6 is 31.9 Å². The molecule has 0 saturated heterocycles. The molecule has 118 valence electrons. The van der Waals surface area contributed by atoms with Crippen molar-refractivity contribution >= 4 is 49.4 Å². The summed E-state index contributed by atoms with van der Waals surface area (Å²) in [6.45, 7) is 0. The highest BCUT2D eigenvalue weighted by molar-refractivity contribution is 9.24. The topological polar surface area (TPSA) is 57.6 Å². The Morgan fingerprint density at radius 1 is 1.04 bits per heavy atom. The van der Waals surface area contributed by atoms with Gasteiger partial charge in [0.15, 0.2) is 5.60 Å². The highest BCUT2D eigenvalue weighted by Gasteiger charge is 2.53. The van der Waals surface area contributed by atoms with Crippen LogP contribution in [0.5, 0.6) is 0 Å². The summed E-state index contributed by atoms with van der Waals surface area (Å²) < 4.78 is 12.3. The van der Waals surface area contributed by atoms with Crippen molar-refractivity contribution in [1.82, 2.24) is 0 Å². The van der Waals surface area contributed by atoms with Gasteiger partial charge in [-0.2, -0.15) is 0 Å². The smallest absolute Gasteiger partial charge is 0.272 e. The number of anilines is 1. The number of imide groups is 1. The Labute approximate surface area is 148 Å². The molecule has 1 heterocycles. The van der Waals surface area contributed by atoms with Crippen LogP contribution in [-0.2, 0) is 10.4 Å². The lowest BCUT2D eigenvalue weighted by Gasteiger charge is -2.39. The van der Waals surface area contributed by atoms with Crippen LogP contribution < -0.4 is 4.90 Å². The average molecular weight is 443 g/mol. The number of fused-ring (bicyclic) bond motifs is 1. The summed E-state index contributed by atoms with van der Waals surface area (Å²) in [6, 6.07) is 11.3. The molecule has 1 unspecified atom stereocenters. The molecule has 0 radical (unpaired) electrons. The van der Waals surface area contributed by atoms with Gasteiger partial charge in [0.2, 0.25) is 0 Å². The molecule has 23 heavy (non-hydrogen) atoms. The fourth-order valence-electron chi connectivity index (χ4n) is 2.54. The molecule has 1 aliphatic heterocycles. The molecular weight excluding hydrogens is 433 g/mol. The molecule has 7 heteroatoms. The van der Waals surface area contributed by atoms with Crippen LogP contribution in [-0.4, -0.2) is 20.7 Å². The second-order valence-electron chi connectivity index (χ2n) is 5.03. The maximum absolute atomic E-state index is 13.1. The molecule has 0 spiro atoms. The second-order valence-corrected chi connectivity index (χ2v) is 8.09. The largest absolute Gasteiger partial charge is 0.374 e. The van der Waals surface area contributed by atoms with Gasteiger partial charge in [0.25, 0.3) is 11.8 Å². The lowest BCUT2D eigenvalue weighted by atomic mass is 9.85. The summed E-state index contributed by atoms with van der Waals surface area (Å²) in [7, 11) is 0. The fraction of sp³-hybridized carbons (Fsp3) is 0.125. The van der Waals surface area contributed by atoms with Crippen molar-refractivity contribution in [2.45, 2.75) is 9.34 Å². The highest BCUT2D eigenvalue weighted by atomic mass is 79.9. The third-order valence-electron chi connectivity index (χ3n) is 3.70. The third kappa shape index (κ3) is 2.43. The summed E-state index contributed by atoms with van der Waals surface area (Å²) in [5.74, 6) is -1.87. The van der Waals surface area contributed by atoms with Crippen LogP contribution in [0, 0.1) is 5.82 Å². The summed E-state index contributed by atoms with van der Waals surface area (Å²) >= 11 is 6.36. The number of halogens is 3. The lowest BCUT2D eigenvalue weighted by Crippen LogP contribution is -2.57. The maximum atomic E-state index is 13.1. The number of aliphatic hydroxyl groups is 1. The first-order valence-corrected chi connectivity index (χ1v) is 8.45. The Hall–Kier alpha value is -1.57. The Morgan fingerprint density at radius 2 is 1.65 bits per heavy atom. The number of rotatable bonds is 2. The Morgan fingerprint density at radius 3 is 2.26 bits per heavy atom. The van der Waals surface area contributed by atoms with Crippen LogP contribution in [0.2, 0.25) is 0 Å². The first-order valence-electron chi connectivity index (χ1n) is 6.62. The van der Waals surface area contributed by atoms with Gasteiger partial charge >= 0.3 is 0 Å². The van der Waals surface area contributed by atoms with E-state index in [4.69, 9.17) is 0 Å². The molecule has 0 fully saturated rings. The molecule has 3 rings (SSSR count). The minimum Gasteiger partial charge on any atom is -0.374 e. The molecule has 1 aliphatic rings. The zero-order valence-corrected chi connectivity index (χ0v) is 14.7. The number of carbonyl (C=O) groups excluding carboxylic acids is 2. The number of nitrogens with zero attached hydrogens (tertiary/aromatic N) is 1. The molecule has 2 amide bonds. The van der Waals surface area contributed by atoms with E-state index < -0.39 is 27.0 Å². The van der Waals surface area contributed by atoms with Gasteiger partial charge in [0, 0.05) is 11.1 Å². The molecule has 4 nitrogen and oxygen atoms in total. The van der Waals surface area contributed by atoms with Crippen LogP contribution in [0.3, 0.4) is 0 Å². The van der Waals surface area contributed by atoms with Crippen LogP contribution in [0.15, 0.2) is 48.5 Å². The minimum atomic E-state index is -1.97. The Bertz CT molecular complexity index is 794. The number of hydrogen-bond acceptors (Lipinski definition) is 3. The zero-order chi connectivity index (χ0) is 16.8. The third-order valence-corrected chi connectivity index (χ3v) is 5.03. The van der Waals surface area contributed by atoms with E-state index in [-0.39, 0.29) is 16.8 Å². The predicted molar refractivity (Wildman–Crippen MR) is 90.2 cm³/mol. The molecular formula is C16H10Br2FNO3. The van der Waals surface area contributed by atoms with Crippen molar-refractivity contribution in [3.8, 4) is 0 Å². The van der Waals surface area contributed by atoms with E-state index in [1.807, 2.05) is 0 Å². The van der Waals surface area contributed by atoms with Crippen LogP contribution in [0.25, 0.3) is 0 Å². The standard InChI is InChI=1S/C16H10Br2FNO3/c17-14(18)16(23)12-4-2-1-3-11(12)13(21)20(15(16)22)10-7-5-9(19)6-8-10/h1-8,14,23H. The number of carbonyl (C=O) groups is 2. The predicted octanol–water partition coefficient (Wildman–Crippen LogP) is 3.32. The molecule has 0 bridgehead atoms. The molecule has 0 aromatic heterocycles. The second kappa shape index (κ2) is 5.81. The molecule has 2 aromatic carbocycles. The molecule has 1 atom stereocenters. The Kier molecular flexibility index (Phi) is 4.12. The summed E-state index contributed by atoms with van der Waals surface area (Å²) in [4.78, 5) is 26.4. The van der Waals surface area contributed by atoms with Crippen molar-refractivity contribution in [2.24, 2.45) is 0 Å². The SMILES string of the molecule is O=C1c2ccccc2C(O)(C(Br)Br)C(=O)N1c1ccc(F)cc1. The van der Waals surface area contributed by atoms with E-state index in [1.54, 1.807) is 12.1 Å². The van der Waals surface area contributed by atoms with Crippen molar-refractivity contribution in [2.75, 3.05) is 4.90 Å². The summed E-state index contributed by atoms with van der Waals surface area (Å²) in [5, 5.41) is 11.0. The van der Waals surface area contributed by atoms with E-state index >= 15 is 0 Å². The van der Waals surface area contributed by atoms with Gasteiger partial charge in [-0.05, 0) is 30.3 Å². The van der Waals surface area contributed by atoms with Gasteiger partial charge in [-0.15, -0.1) is 0 Å². The van der Waals surface area contributed by atoms with Gasteiger partial charge in [-0.1, -0.05) is 50.1 Å². The first-order chi connectivity index (χ1) is 10.9. The summed E-state index contributed by atoms with van der Waals surface area (Å²) in [5.41, 5.74) is -1.36. The lowest BCUT2D eigenvalue weighted by molar-refractivity contribution is -0.135. The maximum Gasteiger partial charge on any atom is 0.272 e. The fourth-order valence-corrected chi connectivity index (χ4v) is 3.42. The number of alkyl halides is 2. The first kappa shape index (κ1) is 16.3. The molecule has 2 aromatic rings. The van der Waals surface area contributed by atoms with E-state index in [0.717, 1.165) is 17.0 Å². The van der Waals surface area contributed by atoms with E-state index in [0.29, 0.717) is 0 Å². The molecule has 1 N–H and O–H groups in total. The minimum absolute atomic E-state index is 0.190. The highest BCUT2D eigenvalue weighted by Crippen LogP contribution is 2.42. The quantitative estimate of drug-likeness (QED) is 0.573. The van der Waals surface area contributed by atoms with Gasteiger partial charge in [0.05, 0.1) is 5.69 Å². The van der Waals surface area contributed by atoms with Crippen molar-refractivity contribution in [3.05, 3.63) is 65.5 Å². The molecule has 0 saturated carbocycles. The average Bonchev–Trinajstić information content (AvgIpc) is 2.54. The zero-order valence-electron chi connectivity index (χ0n) is 11.5. The van der Waals surface area contributed by atoms with Crippen molar-refractivity contribution in [3.63, 3.8) is 0 Å². The van der Waals surface area contributed by atoms with Crippen molar-refractivity contribution < 1.29 is 19.1 Å². The molecule has 0 aliphatic carbocycles. The normalized spacial score (nSPS) is 20.8. The number of hydrogen-bond donors (Lipinski definition) is 1. The number of benzene rings is 2. The van der Waals surface area contributed by atoms with Crippen molar-refractivity contribution in [1.29, 1.82) is 0 Å². The van der Waals surface area contributed by atoms with Crippen LogP contribution in [0.1, 0.15) is 15.9 Å². The van der Waals surface area contributed by atoms with E-state index in [9.17, 15) is 19.1 Å². The van der Waals surface area contributed by atoms with Gasteiger partial charge in [0.1, 0.15) is 9.55 Å². The number of amides is 2. The summed E-state index contributed by atoms with van der Waals surface area (Å²) in [6.07, 6.45) is 0. The van der Waals surface area contributed by atoms with Gasteiger partial charge < -0.3 is 5.11 Å². The van der Waals surface area contributed by atoms with Gasteiger partial charge in [-0.3, -0.25) is 9.59 Å². The van der Waals surface area contributed by atoms with Gasteiger partial charge in [-0.25, -0.2) is 9.29 Å². The van der Waals surface area contributed by atoms with Crippen LogP contribution in [0.4, 0.5) is 10.1 Å².